The highest BCUT2D eigenvalue weighted by Crippen LogP contribution is 2.50. The first-order valence-corrected chi connectivity index (χ1v) is 18.0. The maximum atomic E-state index is 2.51. The summed E-state index contributed by atoms with van der Waals surface area (Å²) in [7, 11) is 0. The van der Waals surface area contributed by atoms with Crippen LogP contribution in [0.1, 0.15) is 0 Å². The maximum Gasteiger partial charge on any atom is 0.0640 e. The second-order valence-electron chi connectivity index (χ2n) is 13.2. The molecule has 11 aromatic rings. The predicted octanol–water partition coefficient (Wildman–Crippen LogP) is 14.4. The van der Waals surface area contributed by atoms with Crippen molar-refractivity contribution in [2.24, 2.45) is 0 Å². The molecule has 0 aliphatic rings. The molecule has 1 aromatic heterocycles. The molecule has 0 N–H and O–H groups in total. The lowest BCUT2D eigenvalue weighted by atomic mass is 9.94. The summed E-state index contributed by atoms with van der Waals surface area (Å²) in [5.41, 5.74) is 3.51. The number of nitrogens with zero attached hydrogens (tertiary/aromatic N) is 1. The molecule has 2 heteroatoms. The Morgan fingerprint density at radius 2 is 0.760 bits per heavy atom. The van der Waals surface area contributed by atoms with E-state index in [1.807, 2.05) is 11.3 Å². The molecule has 0 saturated heterocycles. The molecule has 232 valence electrons. The van der Waals surface area contributed by atoms with Gasteiger partial charge in [-0.3, -0.25) is 0 Å². The Balaban J connectivity index is 1.28. The van der Waals surface area contributed by atoms with Crippen LogP contribution in [0, 0.1) is 0 Å². The Morgan fingerprint density at radius 3 is 1.46 bits per heavy atom. The van der Waals surface area contributed by atoms with E-state index in [-0.39, 0.29) is 0 Å². The van der Waals surface area contributed by atoms with Gasteiger partial charge in [0.1, 0.15) is 0 Å². The van der Waals surface area contributed by atoms with Crippen molar-refractivity contribution >= 4 is 113 Å². The fraction of sp³-hybridized carbons (Fsp3) is 0. The zero-order valence-corrected chi connectivity index (χ0v) is 27.9. The summed E-state index contributed by atoms with van der Waals surface area (Å²) < 4.78 is 2.64. The first-order valence-electron chi connectivity index (χ1n) is 17.2. The van der Waals surface area contributed by atoms with E-state index in [0.29, 0.717) is 0 Å². The van der Waals surface area contributed by atoms with Crippen LogP contribution >= 0.6 is 11.3 Å². The number of benzene rings is 10. The second kappa shape index (κ2) is 10.6. The Kier molecular flexibility index (Phi) is 5.89. The normalized spacial score (nSPS) is 12.0. The van der Waals surface area contributed by atoms with Crippen LogP contribution in [0.2, 0.25) is 0 Å². The van der Waals surface area contributed by atoms with Crippen LogP contribution in [0.5, 0.6) is 0 Å². The summed E-state index contributed by atoms with van der Waals surface area (Å²) in [6.07, 6.45) is 0. The summed E-state index contributed by atoms with van der Waals surface area (Å²) in [4.78, 5) is 2.51. The fourth-order valence-corrected chi connectivity index (χ4v) is 9.79. The molecule has 1 nitrogen and oxygen atoms in total. The Bertz CT molecular complexity index is 3130. The lowest BCUT2D eigenvalue weighted by Crippen LogP contribution is -2.10. The van der Waals surface area contributed by atoms with E-state index in [4.69, 9.17) is 0 Å². The highest BCUT2D eigenvalue weighted by Gasteiger charge is 2.22. The van der Waals surface area contributed by atoms with Crippen LogP contribution in [-0.4, -0.2) is 0 Å². The molecular formula is C48H29NS. The number of thiophene rings is 1. The van der Waals surface area contributed by atoms with Crippen LogP contribution in [0.15, 0.2) is 176 Å². The molecule has 0 aliphatic carbocycles. The lowest BCUT2D eigenvalue weighted by molar-refractivity contribution is 1.32. The van der Waals surface area contributed by atoms with Gasteiger partial charge in [-0.2, -0.15) is 0 Å². The molecule has 0 unspecified atom stereocenters. The molecule has 0 bridgehead atoms. The van der Waals surface area contributed by atoms with Gasteiger partial charge in [-0.15, -0.1) is 11.3 Å². The minimum Gasteiger partial charge on any atom is -0.308 e. The van der Waals surface area contributed by atoms with Crippen molar-refractivity contribution in [3.8, 4) is 0 Å². The quantitative estimate of drug-likeness (QED) is 0.172. The van der Waals surface area contributed by atoms with Crippen LogP contribution in [0.25, 0.3) is 84.8 Å². The Labute approximate surface area is 292 Å². The zero-order chi connectivity index (χ0) is 32.8. The first kappa shape index (κ1) is 27.7. The van der Waals surface area contributed by atoms with Crippen LogP contribution in [-0.2, 0) is 0 Å². The van der Waals surface area contributed by atoms with Crippen molar-refractivity contribution in [1.29, 1.82) is 0 Å². The van der Waals surface area contributed by atoms with Crippen LogP contribution in [0.4, 0.5) is 17.1 Å². The van der Waals surface area contributed by atoms with Gasteiger partial charge in [0.25, 0.3) is 0 Å². The summed E-state index contributed by atoms with van der Waals surface area (Å²) >= 11 is 1.92. The minimum absolute atomic E-state index is 1.15. The molecule has 1 heterocycles. The number of hydrogen-bond donors (Lipinski definition) is 0. The largest absolute Gasteiger partial charge is 0.308 e. The molecule has 0 saturated carbocycles. The van der Waals surface area contributed by atoms with E-state index >= 15 is 0 Å². The van der Waals surface area contributed by atoms with Gasteiger partial charge < -0.3 is 4.90 Å². The third-order valence-electron chi connectivity index (χ3n) is 10.6. The van der Waals surface area contributed by atoms with Crippen molar-refractivity contribution in [3.05, 3.63) is 176 Å². The molecule has 0 aliphatic heterocycles. The van der Waals surface area contributed by atoms with Gasteiger partial charge in [-0.1, -0.05) is 152 Å². The topological polar surface area (TPSA) is 3.24 Å². The SMILES string of the molecule is c1ccc2c(N(c3ccc4c5ccccc5c5ccccc5c4c3)c3cccc4c3sc3c5ccccc5c5ccccc5c43)cccc2c1. The molecule has 10 aromatic carbocycles. The van der Waals surface area contributed by atoms with E-state index in [0.717, 1.165) is 5.69 Å². The first-order chi connectivity index (χ1) is 24.8. The fourth-order valence-electron chi connectivity index (χ4n) is 8.44. The van der Waals surface area contributed by atoms with Crippen molar-refractivity contribution in [3.63, 3.8) is 0 Å². The van der Waals surface area contributed by atoms with Crippen molar-refractivity contribution in [2.75, 3.05) is 4.90 Å². The molecule has 0 amide bonds. The van der Waals surface area contributed by atoms with E-state index in [2.05, 4.69) is 181 Å². The number of anilines is 3. The van der Waals surface area contributed by atoms with Crippen molar-refractivity contribution in [2.45, 2.75) is 0 Å². The minimum atomic E-state index is 1.15. The van der Waals surface area contributed by atoms with Gasteiger partial charge in [0.15, 0.2) is 0 Å². The van der Waals surface area contributed by atoms with E-state index in [9.17, 15) is 0 Å². The molecule has 0 radical (unpaired) electrons. The summed E-state index contributed by atoms with van der Waals surface area (Å²) in [6, 6.07) is 64.9. The third-order valence-corrected chi connectivity index (χ3v) is 11.8. The highest BCUT2D eigenvalue weighted by atomic mass is 32.1. The van der Waals surface area contributed by atoms with Gasteiger partial charge in [0, 0.05) is 31.9 Å². The number of rotatable bonds is 3. The molecular weight excluding hydrogens is 623 g/mol. The Hall–Kier alpha value is -6.22. The third kappa shape index (κ3) is 3.88. The molecule has 0 fully saturated rings. The number of hydrogen-bond acceptors (Lipinski definition) is 2. The summed E-state index contributed by atoms with van der Waals surface area (Å²) in [6.45, 7) is 0. The maximum absolute atomic E-state index is 2.51. The van der Waals surface area contributed by atoms with Crippen molar-refractivity contribution < 1.29 is 0 Å². The van der Waals surface area contributed by atoms with E-state index in [1.54, 1.807) is 0 Å². The van der Waals surface area contributed by atoms with Gasteiger partial charge in [-0.25, -0.2) is 0 Å². The van der Waals surface area contributed by atoms with Gasteiger partial charge in [0.05, 0.1) is 16.1 Å². The predicted molar refractivity (Wildman–Crippen MR) is 219 cm³/mol. The smallest absolute Gasteiger partial charge is 0.0640 e. The standard InChI is InChI=1S/C48H29NS/c1-2-15-32-30(13-1)14-11-25-44(32)49(31-27-28-39-35-18-4-3-16-33(35)34-17-5-6-21-38(34)43(39)29-31)45-26-12-24-42-46-40-22-9-7-19-36(40)37-20-8-10-23-41(37)48(46)50-47(42)45/h1-29H. The van der Waals surface area contributed by atoms with Crippen LogP contribution in [0.3, 0.4) is 0 Å². The Morgan fingerprint density at radius 1 is 0.300 bits per heavy atom. The molecule has 11 rings (SSSR count). The van der Waals surface area contributed by atoms with Gasteiger partial charge in [-0.05, 0) is 78.1 Å². The van der Waals surface area contributed by atoms with Gasteiger partial charge >= 0.3 is 0 Å². The van der Waals surface area contributed by atoms with E-state index in [1.165, 1.54) is 96.2 Å². The monoisotopic (exact) mass is 651 g/mol. The summed E-state index contributed by atoms with van der Waals surface area (Å²) in [5, 5.41) is 18.0. The highest BCUT2D eigenvalue weighted by molar-refractivity contribution is 7.27. The lowest BCUT2D eigenvalue weighted by Gasteiger charge is -2.28. The molecule has 50 heavy (non-hydrogen) atoms. The van der Waals surface area contributed by atoms with E-state index < -0.39 is 0 Å². The second-order valence-corrected chi connectivity index (χ2v) is 14.2. The molecule has 0 atom stereocenters. The van der Waals surface area contributed by atoms with Crippen LogP contribution < -0.4 is 4.90 Å². The number of fused-ring (bicyclic) bond motifs is 15. The average Bonchev–Trinajstić information content (AvgIpc) is 3.59. The zero-order valence-electron chi connectivity index (χ0n) is 27.1. The average molecular weight is 652 g/mol. The van der Waals surface area contributed by atoms with Gasteiger partial charge in [0.2, 0.25) is 0 Å². The summed E-state index contributed by atoms with van der Waals surface area (Å²) in [5.74, 6) is 0. The molecule has 0 spiro atoms. The van der Waals surface area contributed by atoms with Crippen molar-refractivity contribution in [1.82, 2.24) is 0 Å².